The van der Waals surface area contributed by atoms with Gasteiger partial charge in [0.2, 0.25) is 0 Å². The molecule has 0 saturated heterocycles. The minimum atomic E-state index is -0.144. The number of hydrogen-bond donors (Lipinski definition) is 0. The number of ether oxygens (including phenoxy) is 5. The van der Waals surface area contributed by atoms with Crippen LogP contribution >= 0.6 is 15.9 Å². The molecule has 174 valence electrons. The van der Waals surface area contributed by atoms with Crippen LogP contribution in [0.1, 0.15) is 11.1 Å². The van der Waals surface area contributed by atoms with Crippen LogP contribution in [0.15, 0.2) is 68.5 Å². The Hall–Kier alpha value is -3.49. The molecule has 3 aromatic carbocycles. The van der Waals surface area contributed by atoms with Gasteiger partial charge in [0.05, 0.1) is 31.8 Å². The van der Waals surface area contributed by atoms with Crippen LogP contribution in [0.25, 0.3) is 22.1 Å². The summed E-state index contributed by atoms with van der Waals surface area (Å²) >= 11 is 3.52. The highest BCUT2D eigenvalue weighted by atomic mass is 79.9. The van der Waals surface area contributed by atoms with Crippen molar-refractivity contribution in [2.24, 2.45) is 0 Å². The summed E-state index contributed by atoms with van der Waals surface area (Å²) in [5.41, 5.74) is 3.27. The number of methoxy groups -OCH3 is 2. The number of benzene rings is 3. The van der Waals surface area contributed by atoms with Crippen molar-refractivity contribution in [1.29, 1.82) is 0 Å². The fourth-order valence-electron chi connectivity index (χ4n) is 3.93. The van der Waals surface area contributed by atoms with Crippen LogP contribution < -0.4 is 24.4 Å². The van der Waals surface area contributed by atoms with Crippen molar-refractivity contribution >= 4 is 26.9 Å². The Morgan fingerprint density at radius 2 is 1.85 bits per heavy atom. The molecule has 0 fully saturated rings. The van der Waals surface area contributed by atoms with E-state index in [9.17, 15) is 4.79 Å². The van der Waals surface area contributed by atoms with Gasteiger partial charge in [-0.15, -0.1) is 0 Å². The minimum absolute atomic E-state index is 0.144. The van der Waals surface area contributed by atoms with E-state index in [4.69, 9.17) is 28.1 Å². The lowest BCUT2D eigenvalue weighted by molar-refractivity contribution is -0.0176. The molecule has 1 aromatic heterocycles. The van der Waals surface area contributed by atoms with Gasteiger partial charge in [-0.1, -0.05) is 22.0 Å². The first-order valence-electron chi connectivity index (χ1n) is 10.5. The molecule has 0 aliphatic carbocycles. The molecule has 0 N–H and O–H groups in total. The van der Waals surface area contributed by atoms with Crippen molar-refractivity contribution in [2.45, 2.75) is 13.2 Å². The molecule has 5 rings (SSSR count). The highest BCUT2D eigenvalue weighted by Gasteiger charge is 2.17. The summed E-state index contributed by atoms with van der Waals surface area (Å²) in [6.45, 7) is 0.998. The van der Waals surface area contributed by atoms with Crippen LogP contribution in [0.3, 0.4) is 0 Å². The summed E-state index contributed by atoms with van der Waals surface area (Å²) in [5.74, 6) is 2.48. The van der Waals surface area contributed by atoms with Crippen LogP contribution in [0.5, 0.6) is 23.0 Å². The number of fused-ring (bicyclic) bond motifs is 2. The van der Waals surface area contributed by atoms with Crippen LogP contribution in [0, 0.1) is 0 Å². The molecule has 1 aliphatic heterocycles. The summed E-state index contributed by atoms with van der Waals surface area (Å²) in [4.78, 5) is 13.2. The minimum Gasteiger partial charge on any atom is -0.493 e. The van der Waals surface area contributed by atoms with Gasteiger partial charge in [0, 0.05) is 21.7 Å². The summed E-state index contributed by atoms with van der Waals surface area (Å²) in [6.07, 6.45) is 1.45. The smallest absolute Gasteiger partial charge is 0.200 e. The molecule has 7 nitrogen and oxygen atoms in total. The van der Waals surface area contributed by atoms with Crippen LogP contribution in [-0.2, 0) is 18.0 Å². The van der Waals surface area contributed by atoms with Gasteiger partial charge in [-0.05, 0) is 42.0 Å². The molecule has 0 bridgehead atoms. The van der Waals surface area contributed by atoms with Crippen LogP contribution in [0.4, 0.5) is 0 Å². The molecule has 8 heteroatoms. The molecule has 2 heterocycles. The molecule has 4 aromatic rings. The van der Waals surface area contributed by atoms with Gasteiger partial charge in [0.25, 0.3) is 0 Å². The van der Waals surface area contributed by atoms with Crippen molar-refractivity contribution in [1.82, 2.24) is 0 Å². The third-order valence-corrected chi connectivity index (χ3v) is 6.04. The van der Waals surface area contributed by atoms with Crippen molar-refractivity contribution in [3.05, 3.63) is 80.6 Å². The van der Waals surface area contributed by atoms with Gasteiger partial charge in [-0.2, -0.15) is 0 Å². The zero-order chi connectivity index (χ0) is 23.7. The number of rotatable bonds is 6. The molecule has 0 amide bonds. The van der Waals surface area contributed by atoms with Crippen molar-refractivity contribution in [3.63, 3.8) is 0 Å². The highest BCUT2D eigenvalue weighted by Crippen LogP contribution is 2.34. The summed E-state index contributed by atoms with van der Waals surface area (Å²) in [7, 11) is 3.12. The second-order valence-corrected chi connectivity index (χ2v) is 8.57. The Bertz CT molecular complexity index is 1430. The van der Waals surface area contributed by atoms with Crippen molar-refractivity contribution in [3.8, 4) is 34.1 Å². The van der Waals surface area contributed by atoms with Crippen molar-refractivity contribution < 1.29 is 28.1 Å². The highest BCUT2D eigenvalue weighted by molar-refractivity contribution is 9.10. The maximum Gasteiger partial charge on any atom is 0.200 e. The van der Waals surface area contributed by atoms with E-state index in [0.29, 0.717) is 52.6 Å². The van der Waals surface area contributed by atoms with E-state index in [2.05, 4.69) is 15.9 Å². The van der Waals surface area contributed by atoms with E-state index in [1.54, 1.807) is 50.6 Å². The Kier molecular flexibility index (Phi) is 6.17. The predicted octanol–water partition coefficient (Wildman–Crippen LogP) is 5.69. The molecule has 34 heavy (non-hydrogen) atoms. The molecule has 1 aliphatic rings. The third kappa shape index (κ3) is 4.22. The maximum atomic E-state index is 13.2. The molecule has 0 atom stereocenters. The predicted molar refractivity (Wildman–Crippen MR) is 130 cm³/mol. The van der Waals surface area contributed by atoms with Crippen molar-refractivity contribution in [2.75, 3.05) is 21.0 Å². The Labute approximate surface area is 203 Å². The lowest BCUT2D eigenvalue weighted by atomic mass is 10.0. The van der Waals surface area contributed by atoms with E-state index in [-0.39, 0.29) is 12.2 Å². The Morgan fingerprint density at radius 1 is 1.00 bits per heavy atom. The first-order chi connectivity index (χ1) is 16.6. The number of halogens is 1. The quantitative estimate of drug-likeness (QED) is 0.320. The molecular formula is C26H21BrO7. The van der Waals surface area contributed by atoms with Crippen LogP contribution in [0.2, 0.25) is 0 Å². The fourth-order valence-corrected chi connectivity index (χ4v) is 4.48. The Balaban J connectivity index is 1.42. The summed E-state index contributed by atoms with van der Waals surface area (Å²) in [5, 5.41) is 0.458. The zero-order valence-electron chi connectivity index (χ0n) is 18.6. The lowest BCUT2D eigenvalue weighted by Gasteiger charge is -2.21. The molecule has 0 spiro atoms. The first kappa shape index (κ1) is 22.3. The molecular weight excluding hydrogens is 504 g/mol. The largest absolute Gasteiger partial charge is 0.493 e. The number of hydrogen-bond acceptors (Lipinski definition) is 7. The van der Waals surface area contributed by atoms with Gasteiger partial charge < -0.3 is 28.1 Å². The van der Waals surface area contributed by atoms with E-state index in [0.717, 1.165) is 21.3 Å². The standard InChI is InChI=1S/C26H21BrO7/c1-29-22-6-3-15(9-24(22)30-2)21-13-33-23-10-19(4-5-20(23)25(21)28)32-12-17-8-18(27)7-16-11-31-14-34-26(16)17/h3-10,13H,11-12,14H2,1-2H3. The van der Waals surface area contributed by atoms with E-state index < -0.39 is 0 Å². The Morgan fingerprint density at radius 3 is 2.68 bits per heavy atom. The second kappa shape index (κ2) is 9.40. The van der Waals surface area contributed by atoms with Gasteiger partial charge >= 0.3 is 0 Å². The van der Waals surface area contributed by atoms with Gasteiger partial charge in [0.15, 0.2) is 23.7 Å². The topological polar surface area (TPSA) is 76.4 Å². The molecule has 0 radical (unpaired) electrons. The summed E-state index contributed by atoms with van der Waals surface area (Å²) in [6, 6.07) is 14.4. The third-order valence-electron chi connectivity index (χ3n) is 5.59. The lowest BCUT2D eigenvalue weighted by Crippen LogP contribution is -2.14. The SMILES string of the molecule is COc1ccc(-c2coc3cc(OCc4cc(Br)cc5c4OCOC5)ccc3c2=O)cc1OC. The zero-order valence-corrected chi connectivity index (χ0v) is 20.1. The average molecular weight is 525 g/mol. The van der Waals surface area contributed by atoms with E-state index in [1.165, 1.54) is 6.26 Å². The first-order valence-corrected chi connectivity index (χ1v) is 11.3. The van der Waals surface area contributed by atoms with E-state index >= 15 is 0 Å². The normalized spacial score (nSPS) is 12.7. The fraction of sp³-hybridized carbons (Fsp3) is 0.192. The van der Waals surface area contributed by atoms with Crippen LogP contribution in [-0.4, -0.2) is 21.0 Å². The monoisotopic (exact) mass is 524 g/mol. The summed E-state index contributed by atoms with van der Waals surface area (Å²) < 4.78 is 34.4. The molecule has 0 saturated carbocycles. The van der Waals surface area contributed by atoms with E-state index in [1.807, 2.05) is 12.1 Å². The molecule has 0 unspecified atom stereocenters. The van der Waals surface area contributed by atoms with Gasteiger partial charge in [-0.3, -0.25) is 4.79 Å². The maximum absolute atomic E-state index is 13.2. The van der Waals surface area contributed by atoms with Gasteiger partial charge in [0.1, 0.15) is 30.0 Å². The van der Waals surface area contributed by atoms with Gasteiger partial charge in [-0.25, -0.2) is 0 Å². The second-order valence-electron chi connectivity index (χ2n) is 7.66. The average Bonchev–Trinajstić information content (AvgIpc) is 2.87.